The molecule has 0 bridgehead atoms. The summed E-state index contributed by atoms with van der Waals surface area (Å²) in [5.74, 6) is -3.00. The van der Waals surface area contributed by atoms with Gasteiger partial charge in [0.15, 0.2) is 0 Å². The van der Waals surface area contributed by atoms with Gasteiger partial charge >= 0.3 is 42.3 Å². The topological polar surface area (TPSA) is 433 Å². The SMILES string of the molecule is CC(COC(=O)NCCCNCCCCNCCCN)(COC(=O)NCCCNCCCCNCCCN)C(=O)OCC(C)(COC(=O)C(C)(COC(=O)NCCCNCCCCNCCCN)COC(=O)NCCCNCCCCNCCCN)C(=O)OCc1ccccc1.Cl.Cl.Cl.Cl.Cl.Cl.Cl.Cl.Cl.Cl.Cl.Cl. The number of hydrogen-bond acceptors (Lipinski definition) is 26. The lowest BCUT2D eigenvalue weighted by molar-refractivity contribution is -0.179. The Balaban J connectivity index is -0.000000768. The predicted octanol–water partition coefficient (Wildman–Crippen LogP) is 6.59. The number of carbonyl (C=O) groups excluding carboxylic acids is 7. The number of amides is 4. The van der Waals surface area contributed by atoms with Crippen LogP contribution in [0.25, 0.3) is 0 Å². The van der Waals surface area contributed by atoms with Crippen molar-refractivity contribution in [3.05, 3.63) is 35.9 Å². The van der Waals surface area contributed by atoms with E-state index in [-0.39, 0.29) is 182 Å². The van der Waals surface area contributed by atoms with Crippen LogP contribution in [0, 0.1) is 16.2 Å². The van der Waals surface area contributed by atoms with Crippen LogP contribution >= 0.6 is 149 Å². The maximum Gasteiger partial charge on any atom is 0.407 e. The van der Waals surface area contributed by atoms with Gasteiger partial charge in [-0.05, 0) is 260 Å². The van der Waals surface area contributed by atoms with Crippen LogP contribution < -0.4 is 86.7 Å². The van der Waals surface area contributed by atoms with Gasteiger partial charge < -0.3 is 120 Å². The zero-order chi connectivity index (χ0) is 70.3. The Morgan fingerprint density at radius 1 is 0.259 bits per heavy atom. The number of benzene rings is 1. The number of rotatable bonds is 65. The normalized spacial score (nSPS) is 10.3. The van der Waals surface area contributed by atoms with Crippen LogP contribution in [-0.4, -0.2) is 239 Å². The number of hydrogen-bond donors (Lipinski definition) is 16. The largest absolute Gasteiger partial charge is 0.464 e. The molecule has 4 amide bonds. The van der Waals surface area contributed by atoms with E-state index < -0.39 is 98.2 Å². The average molecular weight is 1810 g/mol. The number of alkyl carbamates (subject to hydrolysis) is 4. The number of esters is 3. The van der Waals surface area contributed by atoms with Crippen LogP contribution in [0.2, 0.25) is 0 Å². The molecule has 0 aromatic heterocycles. The third-order valence-corrected chi connectivity index (χ3v) is 15.1. The van der Waals surface area contributed by atoms with E-state index in [4.69, 9.17) is 56.1 Å². The quantitative estimate of drug-likeness (QED) is 0.0186. The van der Waals surface area contributed by atoms with Gasteiger partial charge in [0.2, 0.25) is 0 Å². The summed E-state index contributed by atoms with van der Waals surface area (Å²) in [5.41, 5.74) is 17.2. The highest BCUT2D eigenvalue weighted by molar-refractivity contribution is 5.87. The zero-order valence-electron chi connectivity index (χ0n) is 63.5. The molecule has 0 aliphatic heterocycles. The zero-order valence-corrected chi connectivity index (χ0v) is 73.3. The van der Waals surface area contributed by atoms with Crippen molar-refractivity contribution < 1.29 is 66.7 Å². The molecule has 1 rings (SSSR count). The first-order valence-electron chi connectivity index (χ1n) is 35.2. The molecule has 652 valence electrons. The van der Waals surface area contributed by atoms with Crippen LogP contribution in [-0.2, 0) is 54.1 Å². The van der Waals surface area contributed by atoms with Gasteiger partial charge in [-0.25, -0.2) is 19.2 Å². The number of nitrogens with two attached hydrogens (primary N) is 4. The predicted molar refractivity (Wildman–Crippen MR) is 460 cm³/mol. The van der Waals surface area contributed by atoms with Gasteiger partial charge in [0, 0.05) is 26.2 Å². The summed E-state index contributed by atoms with van der Waals surface area (Å²) in [7, 11) is 0. The molecular formula is C66H140Cl12N16O14. The Morgan fingerprint density at radius 3 is 0.657 bits per heavy atom. The molecule has 0 heterocycles. The molecule has 20 N–H and O–H groups in total. The van der Waals surface area contributed by atoms with Gasteiger partial charge in [-0.15, -0.1) is 149 Å². The van der Waals surface area contributed by atoms with E-state index in [2.05, 4.69) is 63.8 Å². The van der Waals surface area contributed by atoms with Crippen LogP contribution in [0.1, 0.15) is 129 Å². The van der Waals surface area contributed by atoms with E-state index in [0.29, 0.717) is 83.6 Å². The molecule has 0 fully saturated rings. The average Bonchev–Trinajstić information content (AvgIpc) is 0.861. The summed E-state index contributed by atoms with van der Waals surface area (Å²) in [5, 5.41) is 37.6. The van der Waals surface area contributed by atoms with E-state index >= 15 is 0 Å². The van der Waals surface area contributed by atoms with Gasteiger partial charge in [0.05, 0.1) is 0 Å². The Kier molecular flexibility index (Phi) is 112. The summed E-state index contributed by atoms with van der Waals surface area (Å²) in [6, 6.07) is 8.80. The fraction of sp³-hybridized carbons (Fsp3) is 0.803. The fourth-order valence-electron chi connectivity index (χ4n) is 8.80. The Hall–Kier alpha value is -2.29. The molecule has 42 heteroatoms. The minimum Gasteiger partial charge on any atom is -0.464 e. The molecule has 0 unspecified atom stereocenters. The molecular weight excluding hydrogens is 1670 g/mol. The van der Waals surface area contributed by atoms with Crippen molar-refractivity contribution in [2.24, 2.45) is 39.2 Å². The van der Waals surface area contributed by atoms with Crippen molar-refractivity contribution in [2.75, 3.05) is 197 Å². The number of halogens is 12. The first-order chi connectivity index (χ1) is 46.6. The van der Waals surface area contributed by atoms with Gasteiger partial charge in [-0.1, -0.05) is 30.3 Å². The third kappa shape index (κ3) is 75.1. The van der Waals surface area contributed by atoms with Crippen LogP contribution in [0.4, 0.5) is 19.2 Å². The maximum absolute atomic E-state index is 14.4. The molecule has 30 nitrogen and oxygen atoms in total. The molecule has 0 saturated carbocycles. The number of unbranched alkanes of at least 4 members (excludes halogenated alkanes) is 4. The van der Waals surface area contributed by atoms with Crippen molar-refractivity contribution in [3.8, 4) is 0 Å². The lowest BCUT2D eigenvalue weighted by Crippen LogP contribution is -2.47. The van der Waals surface area contributed by atoms with Crippen LogP contribution in [0.5, 0.6) is 0 Å². The summed E-state index contributed by atoms with van der Waals surface area (Å²) >= 11 is 0. The molecule has 0 aliphatic carbocycles. The first kappa shape index (κ1) is 132. The standard InChI is InChI=1S/C66H128N16O14.12ClH/c1-64(57(83)90-49-56-23-5-4-6-24-56,50-91-58(84)65(2,52-93-60(86)79-45-19-41-75-33-11-7-29-71-37-15-25-67)53-94-61(87)80-46-20-42-76-34-12-8-30-72-38-16-26-68)51-92-59(85)66(3,54-95-62(88)81-47-21-43-77-35-13-9-31-73-39-17-27-69)55-96-63(89)82-48-22-44-78-36-14-10-32-74-40-18-28-70;;;;;;;;;;;;/h4-6,23-24,71-78H,7-22,25-55,67-70H2,1-3H3,(H,79,86)(H,80,87)(H,81,88)(H,82,89);12*1H. The van der Waals surface area contributed by atoms with Crippen molar-refractivity contribution in [1.29, 1.82) is 0 Å². The monoisotopic (exact) mass is 1800 g/mol. The number of carbonyl (C=O) groups is 7. The molecule has 0 spiro atoms. The van der Waals surface area contributed by atoms with Crippen molar-refractivity contribution in [2.45, 2.75) is 130 Å². The maximum atomic E-state index is 14.4. The summed E-state index contributed by atoms with van der Waals surface area (Å²) < 4.78 is 39.7. The van der Waals surface area contributed by atoms with Crippen LogP contribution in [0.15, 0.2) is 30.3 Å². The highest BCUT2D eigenvalue weighted by Gasteiger charge is 2.46. The van der Waals surface area contributed by atoms with E-state index in [9.17, 15) is 33.6 Å². The second kappa shape index (κ2) is 91.9. The third-order valence-electron chi connectivity index (χ3n) is 15.1. The number of nitrogens with one attached hydrogen (secondary N) is 12. The summed E-state index contributed by atoms with van der Waals surface area (Å²) in [6.45, 7) is 16.6. The highest BCUT2D eigenvalue weighted by Crippen LogP contribution is 2.28. The van der Waals surface area contributed by atoms with Crippen LogP contribution in [0.3, 0.4) is 0 Å². The van der Waals surface area contributed by atoms with Crippen molar-refractivity contribution in [3.63, 3.8) is 0 Å². The second-order valence-electron chi connectivity index (χ2n) is 24.7. The Morgan fingerprint density at radius 2 is 0.444 bits per heavy atom. The smallest absolute Gasteiger partial charge is 0.407 e. The fourth-order valence-corrected chi connectivity index (χ4v) is 8.80. The van der Waals surface area contributed by atoms with E-state index in [0.717, 1.165) is 156 Å². The van der Waals surface area contributed by atoms with Gasteiger partial charge in [-0.3, -0.25) is 14.4 Å². The second-order valence-corrected chi connectivity index (χ2v) is 24.7. The molecule has 108 heavy (non-hydrogen) atoms. The lowest BCUT2D eigenvalue weighted by atomic mass is 9.90. The van der Waals surface area contributed by atoms with E-state index in [1.54, 1.807) is 30.3 Å². The minimum atomic E-state index is -1.93. The molecule has 0 aliphatic rings. The van der Waals surface area contributed by atoms with Gasteiger partial charge in [-0.2, -0.15) is 0 Å². The Labute approximate surface area is 718 Å². The molecule has 1 aromatic carbocycles. The van der Waals surface area contributed by atoms with Gasteiger partial charge in [0.1, 0.15) is 62.5 Å². The molecule has 0 radical (unpaired) electrons. The molecule has 0 atom stereocenters. The minimum absolute atomic E-state index is 0. The van der Waals surface area contributed by atoms with E-state index in [1.165, 1.54) is 20.8 Å². The first-order valence-corrected chi connectivity index (χ1v) is 35.2. The molecule has 1 aromatic rings. The molecule has 0 saturated heterocycles. The number of ether oxygens (including phenoxy) is 7. The van der Waals surface area contributed by atoms with E-state index in [1.807, 2.05) is 0 Å². The lowest BCUT2D eigenvalue weighted by Gasteiger charge is -2.32. The van der Waals surface area contributed by atoms with Gasteiger partial charge in [0.25, 0.3) is 0 Å². The highest BCUT2D eigenvalue weighted by atomic mass is 35.5. The van der Waals surface area contributed by atoms with Crippen molar-refractivity contribution >= 4 is 191 Å². The Bertz CT molecular complexity index is 1980. The summed E-state index contributed by atoms with van der Waals surface area (Å²) in [4.78, 5) is 95.5. The summed E-state index contributed by atoms with van der Waals surface area (Å²) in [6.07, 6.45) is 10.7. The van der Waals surface area contributed by atoms with Crippen molar-refractivity contribution in [1.82, 2.24) is 63.8 Å².